The fourth-order valence-corrected chi connectivity index (χ4v) is 8.21. The van der Waals surface area contributed by atoms with Crippen molar-refractivity contribution >= 4 is 65.1 Å². The number of carboxylic acids is 2. The van der Waals surface area contributed by atoms with Crippen LogP contribution in [0.3, 0.4) is 0 Å². The Bertz CT molecular complexity index is 2620. The summed E-state index contributed by atoms with van der Waals surface area (Å²) in [6.45, 7) is 9.55. The molecule has 0 heterocycles. The number of hydrogen-bond donors (Lipinski definition) is 14. The standard InChI is InChI=1S/C56H78N10O15/c1-30(2)25-40(51(75)60-38(21-23-45(57)69)49(73)59-32(5)48(72)62-41(27-34-13-9-7-10-14-34)54(78)66-44(56(80)81)26-31(3)4)63-53(77)42(29-36-17-19-37(68)20-18-36)64-50(74)39(22-24-46(70)71)61-52(76)43(28-35-15-11-8-12-16-35)65-55(79)47(58)33(6)67/h7-20,30-33,38-44,47,67-68H,21-29,58H2,1-6H3,(H2,57,69)(H,59,73)(H,60,75)(H,61,76)(H,62,72)(H,63,77)(H,64,74)(H,65,79)(H,66,78)(H,70,71)(H,80,81)/t32-,33+,38-,39-,40-,41-,42-,43-,44-,47-/m0/s1. The average molecular weight is 1130 g/mol. The third kappa shape index (κ3) is 24.2. The maximum atomic E-state index is 14.5. The Morgan fingerprint density at radius 3 is 1.20 bits per heavy atom. The monoisotopic (exact) mass is 1130 g/mol. The van der Waals surface area contributed by atoms with Gasteiger partial charge in [0.15, 0.2) is 0 Å². The van der Waals surface area contributed by atoms with Gasteiger partial charge in [0.2, 0.25) is 53.2 Å². The molecule has 3 rings (SSSR count). The number of benzene rings is 3. The van der Waals surface area contributed by atoms with Crippen LogP contribution in [0.15, 0.2) is 84.9 Å². The first-order chi connectivity index (χ1) is 38.1. The number of nitrogens with one attached hydrogen (secondary N) is 8. The van der Waals surface area contributed by atoms with Gasteiger partial charge in [0.25, 0.3) is 0 Å². The first-order valence-electron chi connectivity index (χ1n) is 26.6. The highest BCUT2D eigenvalue weighted by atomic mass is 16.4. The molecule has 3 aromatic rings. The molecule has 442 valence electrons. The van der Waals surface area contributed by atoms with Gasteiger partial charge in [-0.25, -0.2) is 4.79 Å². The lowest BCUT2D eigenvalue weighted by atomic mass is 9.99. The molecule has 0 fully saturated rings. The minimum Gasteiger partial charge on any atom is -0.508 e. The molecule has 3 aromatic carbocycles. The molecule has 25 heteroatoms. The van der Waals surface area contributed by atoms with Crippen molar-refractivity contribution in [2.75, 3.05) is 0 Å². The van der Waals surface area contributed by atoms with Crippen molar-refractivity contribution in [3.8, 4) is 5.75 Å². The quantitative estimate of drug-likeness (QED) is 0.0353. The van der Waals surface area contributed by atoms with E-state index in [0.29, 0.717) is 16.7 Å². The summed E-state index contributed by atoms with van der Waals surface area (Å²) in [5.41, 5.74) is 12.9. The second-order valence-electron chi connectivity index (χ2n) is 20.7. The Morgan fingerprint density at radius 1 is 0.432 bits per heavy atom. The number of carboxylic acid groups (broad SMARTS) is 2. The first-order valence-corrected chi connectivity index (χ1v) is 26.6. The number of aliphatic carboxylic acids is 2. The molecule has 10 atom stereocenters. The van der Waals surface area contributed by atoms with Crippen LogP contribution >= 0.6 is 0 Å². The normalized spacial score (nSPS) is 14.8. The van der Waals surface area contributed by atoms with Crippen LogP contribution in [0.5, 0.6) is 5.75 Å². The largest absolute Gasteiger partial charge is 0.508 e. The van der Waals surface area contributed by atoms with Crippen molar-refractivity contribution < 1.29 is 73.2 Å². The van der Waals surface area contributed by atoms with Gasteiger partial charge >= 0.3 is 11.9 Å². The van der Waals surface area contributed by atoms with Gasteiger partial charge < -0.3 is 74.4 Å². The number of phenols is 1. The maximum Gasteiger partial charge on any atom is 0.326 e. The second-order valence-corrected chi connectivity index (χ2v) is 20.7. The number of rotatable bonds is 34. The van der Waals surface area contributed by atoms with Gasteiger partial charge in [0, 0.05) is 32.1 Å². The number of aromatic hydroxyl groups is 1. The lowest BCUT2D eigenvalue weighted by Crippen LogP contribution is -2.61. The number of phenolic OH excluding ortho intramolecular Hbond substituents is 1. The molecular weight excluding hydrogens is 1050 g/mol. The Labute approximate surface area is 469 Å². The van der Waals surface area contributed by atoms with Crippen LogP contribution in [0.25, 0.3) is 0 Å². The number of primary amides is 1. The molecule has 0 saturated carbocycles. The van der Waals surface area contributed by atoms with Crippen molar-refractivity contribution in [2.24, 2.45) is 23.3 Å². The molecule has 0 aliphatic rings. The van der Waals surface area contributed by atoms with E-state index in [2.05, 4.69) is 42.5 Å². The number of nitrogens with two attached hydrogens (primary N) is 2. The zero-order valence-corrected chi connectivity index (χ0v) is 46.3. The number of carbonyl (C=O) groups excluding carboxylic acids is 9. The van der Waals surface area contributed by atoms with Crippen LogP contribution in [0.2, 0.25) is 0 Å². The molecule has 81 heavy (non-hydrogen) atoms. The number of carbonyl (C=O) groups is 11. The SMILES string of the molecule is CC(C)C[C@H](NC(=O)[C@H](Cc1ccccc1)NC(=O)[C@H](C)NC(=O)[C@H](CCC(N)=O)NC(=O)[C@H](CC(C)C)NC(=O)[C@H](Cc1ccc(O)cc1)NC(=O)[C@H](CCC(=O)O)NC(=O)[C@H](Cc1ccccc1)NC(=O)[C@@H](N)[C@@H](C)O)C(=O)O. The van der Waals surface area contributed by atoms with Gasteiger partial charge in [-0.1, -0.05) is 100 Å². The van der Waals surface area contributed by atoms with Crippen LogP contribution in [0, 0.1) is 11.8 Å². The average Bonchev–Trinajstić information content (AvgIpc) is 3.40. The molecular formula is C56H78N10O15. The van der Waals surface area contributed by atoms with Crippen molar-refractivity contribution in [1.82, 2.24) is 42.5 Å². The van der Waals surface area contributed by atoms with Gasteiger partial charge in [-0.15, -0.1) is 0 Å². The molecule has 0 bridgehead atoms. The van der Waals surface area contributed by atoms with Crippen molar-refractivity contribution in [2.45, 2.75) is 160 Å². The summed E-state index contributed by atoms with van der Waals surface area (Å²) in [6.07, 6.45) is -3.77. The topological polar surface area (TPSA) is 417 Å². The molecule has 0 spiro atoms. The van der Waals surface area contributed by atoms with E-state index >= 15 is 0 Å². The van der Waals surface area contributed by atoms with Crippen LogP contribution in [0.4, 0.5) is 0 Å². The summed E-state index contributed by atoms with van der Waals surface area (Å²) in [7, 11) is 0. The summed E-state index contributed by atoms with van der Waals surface area (Å²) >= 11 is 0. The van der Waals surface area contributed by atoms with E-state index < -0.39 is 145 Å². The third-order valence-corrected chi connectivity index (χ3v) is 12.7. The Balaban J connectivity index is 1.93. The summed E-state index contributed by atoms with van der Waals surface area (Å²) in [6, 6.07) is 9.39. The summed E-state index contributed by atoms with van der Waals surface area (Å²) in [5, 5.41) is 59.6. The maximum absolute atomic E-state index is 14.5. The number of aliphatic hydroxyl groups excluding tert-OH is 1. The Morgan fingerprint density at radius 2 is 0.778 bits per heavy atom. The lowest BCUT2D eigenvalue weighted by molar-refractivity contribution is -0.143. The number of aliphatic hydroxyl groups is 1. The van der Waals surface area contributed by atoms with Crippen LogP contribution < -0.4 is 54.0 Å². The van der Waals surface area contributed by atoms with E-state index in [1.807, 2.05) is 0 Å². The third-order valence-electron chi connectivity index (χ3n) is 12.7. The zero-order valence-electron chi connectivity index (χ0n) is 46.3. The van der Waals surface area contributed by atoms with Gasteiger partial charge in [-0.3, -0.25) is 47.9 Å². The van der Waals surface area contributed by atoms with E-state index in [1.54, 1.807) is 88.4 Å². The second kappa shape index (κ2) is 33.2. The highest BCUT2D eigenvalue weighted by Crippen LogP contribution is 2.15. The Hall–Kier alpha value is -8.45. The lowest BCUT2D eigenvalue weighted by Gasteiger charge is -2.28. The molecule has 0 unspecified atom stereocenters. The van der Waals surface area contributed by atoms with Gasteiger partial charge in [0.1, 0.15) is 60.1 Å². The smallest absolute Gasteiger partial charge is 0.326 e. The highest BCUT2D eigenvalue weighted by molar-refractivity contribution is 5.98. The molecule has 0 aromatic heterocycles. The molecule has 0 aliphatic heterocycles. The Kier molecular flexibility index (Phi) is 27.4. The highest BCUT2D eigenvalue weighted by Gasteiger charge is 2.36. The predicted octanol–water partition coefficient (Wildman–Crippen LogP) is -0.666. The minimum atomic E-state index is -1.65. The van der Waals surface area contributed by atoms with Gasteiger partial charge in [0.05, 0.1) is 6.10 Å². The van der Waals surface area contributed by atoms with Crippen molar-refractivity contribution in [1.29, 1.82) is 0 Å². The molecule has 0 saturated heterocycles. The molecule has 0 aliphatic carbocycles. The molecule has 25 nitrogen and oxygen atoms in total. The fraction of sp³-hybridized carbons (Fsp3) is 0.482. The van der Waals surface area contributed by atoms with Gasteiger partial charge in [-0.05, 0) is 80.2 Å². The summed E-state index contributed by atoms with van der Waals surface area (Å²) in [4.78, 5) is 147. The van der Waals surface area contributed by atoms with E-state index in [1.165, 1.54) is 38.1 Å². The summed E-state index contributed by atoms with van der Waals surface area (Å²) in [5.74, 6) is -11.5. The number of hydrogen-bond acceptors (Lipinski definition) is 14. The molecule has 0 radical (unpaired) electrons. The van der Waals surface area contributed by atoms with E-state index in [0.717, 1.165) is 0 Å². The van der Waals surface area contributed by atoms with E-state index in [-0.39, 0.29) is 56.1 Å². The van der Waals surface area contributed by atoms with E-state index in [9.17, 15) is 73.2 Å². The first kappa shape index (κ1) is 66.8. The fourth-order valence-electron chi connectivity index (χ4n) is 8.21. The molecule has 16 N–H and O–H groups in total. The van der Waals surface area contributed by atoms with Crippen LogP contribution in [-0.2, 0) is 72.0 Å². The van der Waals surface area contributed by atoms with Gasteiger partial charge in [-0.2, -0.15) is 0 Å². The van der Waals surface area contributed by atoms with E-state index in [4.69, 9.17) is 11.5 Å². The minimum absolute atomic E-state index is 0.0621. The zero-order chi connectivity index (χ0) is 60.5. The number of amides is 9. The van der Waals surface area contributed by atoms with Crippen molar-refractivity contribution in [3.63, 3.8) is 0 Å². The van der Waals surface area contributed by atoms with Crippen molar-refractivity contribution in [3.05, 3.63) is 102 Å². The van der Waals surface area contributed by atoms with Crippen LogP contribution in [0.1, 0.15) is 96.8 Å². The molecule has 9 amide bonds. The summed E-state index contributed by atoms with van der Waals surface area (Å²) < 4.78 is 0. The van der Waals surface area contributed by atoms with Crippen LogP contribution in [-0.4, -0.2) is 146 Å². The predicted molar refractivity (Wildman–Crippen MR) is 295 cm³/mol.